The van der Waals surface area contributed by atoms with E-state index in [1.54, 1.807) is 12.1 Å². The van der Waals surface area contributed by atoms with E-state index in [0.717, 1.165) is 11.1 Å². The van der Waals surface area contributed by atoms with Crippen LogP contribution in [0.15, 0.2) is 76.6 Å². The third kappa shape index (κ3) is 3.87. The quantitative estimate of drug-likeness (QED) is 0.200. The van der Waals surface area contributed by atoms with Gasteiger partial charge in [-0.25, -0.2) is 0 Å². The number of thioether (sulfide) groups is 1. The van der Waals surface area contributed by atoms with Crippen LogP contribution in [0.2, 0.25) is 0 Å². The third-order valence-electron chi connectivity index (χ3n) is 5.08. The predicted octanol–water partition coefficient (Wildman–Crippen LogP) is 5.76. The Balaban J connectivity index is 1.43. The second-order valence-electron chi connectivity index (χ2n) is 7.16. The molecule has 0 aliphatic heterocycles. The highest BCUT2D eigenvalue weighted by atomic mass is 79.9. The van der Waals surface area contributed by atoms with Crippen molar-refractivity contribution in [2.24, 2.45) is 0 Å². The van der Waals surface area contributed by atoms with E-state index in [0.29, 0.717) is 21.6 Å². The van der Waals surface area contributed by atoms with Crippen LogP contribution in [0.1, 0.15) is 24.3 Å². The van der Waals surface area contributed by atoms with E-state index >= 15 is 0 Å². The van der Waals surface area contributed by atoms with Gasteiger partial charge in [0.05, 0.1) is 11.4 Å². The first-order valence-corrected chi connectivity index (χ1v) is 11.5. The summed E-state index contributed by atoms with van der Waals surface area (Å²) < 4.78 is 7.93. The summed E-state index contributed by atoms with van der Waals surface area (Å²) in [6, 6.07) is 21.8. The molecule has 1 saturated carbocycles. The fraction of sp³-hybridized carbons (Fsp3) is 0.174. The number of carbonyl (C=O) groups excluding carboxylic acids is 1. The van der Waals surface area contributed by atoms with Crippen LogP contribution in [-0.4, -0.2) is 26.5 Å². The zero-order chi connectivity index (χ0) is 20.5. The van der Waals surface area contributed by atoms with Gasteiger partial charge in [0.1, 0.15) is 5.75 Å². The molecule has 0 bridgehead atoms. The summed E-state index contributed by atoms with van der Waals surface area (Å²) in [5.41, 5.74) is 2.39. The van der Waals surface area contributed by atoms with Gasteiger partial charge in [-0.15, -0.1) is 10.2 Å². The molecular weight excluding hydrogens is 462 g/mol. The largest absolute Gasteiger partial charge is 0.426 e. The molecule has 3 aromatic carbocycles. The Hall–Kier alpha value is -2.64. The van der Waals surface area contributed by atoms with Gasteiger partial charge >= 0.3 is 5.97 Å². The summed E-state index contributed by atoms with van der Waals surface area (Å²) in [7, 11) is 0. The van der Waals surface area contributed by atoms with Crippen molar-refractivity contribution in [1.29, 1.82) is 0 Å². The molecule has 7 heteroatoms. The number of ether oxygens (including phenoxy) is 1. The zero-order valence-electron chi connectivity index (χ0n) is 16.0. The topological polar surface area (TPSA) is 57.0 Å². The molecule has 1 aliphatic rings. The summed E-state index contributed by atoms with van der Waals surface area (Å²) >= 11 is 4.83. The van der Waals surface area contributed by atoms with Gasteiger partial charge in [-0.05, 0) is 63.8 Å². The highest BCUT2D eigenvalue weighted by molar-refractivity contribution is 9.10. The van der Waals surface area contributed by atoms with Gasteiger partial charge in [-0.1, -0.05) is 60.3 Å². The van der Waals surface area contributed by atoms with Crippen LogP contribution in [0.5, 0.6) is 5.75 Å². The van der Waals surface area contributed by atoms with Gasteiger partial charge < -0.3 is 4.74 Å². The van der Waals surface area contributed by atoms with Crippen molar-refractivity contribution in [3.05, 3.63) is 77.0 Å². The Bertz CT molecular complexity index is 1220. The van der Waals surface area contributed by atoms with Crippen LogP contribution in [0.3, 0.4) is 0 Å². The number of nitrogens with zero attached hydrogens (tertiary/aromatic N) is 3. The van der Waals surface area contributed by atoms with Gasteiger partial charge in [0.15, 0.2) is 5.16 Å². The van der Waals surface area contributed by atoms with Crippen molar-refractivity contribution in [2.45, 2.75) is 23.9 Å². The van der Waals surface area contributed by atoms with E-state index < -0.39 is 0 Å². The molecule has 0 N–H and O–H groups in total. The van der Waals surface area contributed by atoms with Crippen molar-refractivity contribution in [2.75, 3.05) is 5.75 Å². The molecule has 1 aliphatic carbocycles. The van der Waals surface area contributed by atoms with Crippen molar-refractivity contribution in [1.82, 2.24) is 14.8 Å². The normalized spacial score (nSPS) is 13.5. The number of rotatable bonds is 6. The first-order chi connectivity index (χ1) is 14.7. The Kier molecular flexibility index (Phi) is 5.31. The fourth-order valence-corrected chi connectivity index (χ4v) is 4.85. The highest BCUT2D eigenvalue weighted by Gasteiger charge is 2.26. The second kappa shape index (κ2) is 8.24. The smallest absolute Gasteiger partial charge is 0.321 e. The molecule has 1 aromatic heterocycles. The molecule has 0 atom stereocenters. The number of esters is 1. The van der Waals surface area contributed by atoms with Crippen LogP contribution >= 0.6 is 27.7 Å². The Labute approximate surface area is 186 Å². The minimum atomic E-state index is -0.328. The number of benzene rings is 3. The van der Waals surface area contributed by atoms with Crippen LogP contribution in [0.4, 0.5) is 0 Å². The molecule has 30 heavy (non-hydrogen) atoms. The van der Waals surface area contributed by atoms with Crippen LogP contribution in [0, 0.1) is 0 Å². The predicted molar refractivity (Wildman–Crippen MR) is 121 cm³/mol. The average molecular weight is 480 g/mol. The second-order valence-corrected chi connectivity index (χ2v) is 8.81. The fourth-order valence-electron chi connectivity index (χ4n) is 3.57. The SMILES string of the molecule is O=C(CSc1nnc(Br)n1-c1ccc(C2CC2)c2ccccc12)Oc1ccccc1. The third-order valence-corrected chi connectivity index (χ3v) is 6.50. The van der Waals surface area contributed by atoms with Gasteiger partial charge in [-0.2, -0.15) is 0 Å². The molecule has 1 heterocycles. The lowest BCUT2D eigenvalue weighted by molar-refractivity contribution is -0.131. The lowest BCUT2D eigenvalue weighted by Gasteiger charge is -2.13. The van der Waals surface area contributed by atoms with Crippen LogP contribution < -0.4 is 4.74 Å². The molecule has 1 fully saturated rings. The van der Waals surface area contributed by atoms with E-state index in [9.17, 15) is 4.79 Å². The van der Waals surface area contributed by atoms with E-state index in [-0.39, 0.29) is 11.7 Å². The molecule has 0 amide bonds. The number of halogens is 1. The number of para-hydroxylation sites is 1. The molecular formula is C23H18BrN3O2S. The number of hydrogen-bond acceptors (Lipinski definition) is 5. The van der Waals surface area contributed by atoms with Crippen molar-refractivity contribution >= 4 is 44.4 Å². The summed E-state index contributed by atoms with van der Waals surface area (Å²) in [6.45, 7) is 0. The van der Waals surface area contributed by atoms with E-state index in [1.165, 1.54) is 35.6 Å². The lowest BCUT2D eigenvalue weighted by atomic mass is 9.99. The minimum Gasteiger partial charge on any atom is -0.426 e. The molecule has 5 rings (SSSR count). The summed E-state index contributed by atoms with van der Waals surface area (Å²) in [5, 5.41) is 11.5. The number of fused-ring (bicyclic) bond motifs is 1. The van der Waals surface area contributed by atoms with Gasteiger partial charge in [0.25, 0.3) is 0 Å². The monoisotopic (exact) mass is 479 g/mol. The molecule has 0 unspecified atom stereocenters. The standard InChI is InChI=1S/C23H18BrN3O2S/c24-22-25-26-23(30-14-21(28)29-16-6-2-1-3-7-16)27(22)20-13-12-17(15-10-11-15)18-8-4-5-9-19(18)20/h1-9,12-13,15H,10-11,14H2. The molecule has 5 nitrogen and oxygen atoms in total. The Morgan fingerprint density at radius 1 is 1.00 bits per heavy atom. The summed E-state index contributed by atoms with van der Waals surface area (Å²) in [4.78, 5) is 12.3. The minimum absolute atomic E-state index is 0.137. The first-order valence-electron chi connectivity index (χ1n) is 9.72. The molecule has 4 aromatic rings. The highest BCUT2D eigenvalue weighted by Crippen LogP contribution is 2.44. The Morgan fingerprint density at radius 3 is 2.50 bits per heavy atom. The van der Waals surface area contributed by atoms with Crippen LogP contribution in [0.25, 0.3) is 16.5 Å². The summed E-state index contributed by atoms with van der Waals surface area (Å²) in [5.74, 6) is 1.01. The molecule has 150 valence electrons. The maximum atomic E-state index is 12.3. The van der Waals surface area contributed by atoms with Gasteiger partial charge in [0.2, 0.25) is 4.73 Å². The van der Waals surface area contributed by atoms with E-state index in [2.05, 4.69) is 56.5 Å². The lowest BCUT2D eigenvalue weighted by Crippen LogP contribution is -2.11. The number of carbonyl (C=O) groups is 1. The van der Waals surface area contributed by atoms with Crippen molar-refractivity contribution < 1.29 is 9.53 Å². The van der Waals surface area contributed by atoms with Crippen molar-refractivity contribution in [3.8, 4) is 11.4 Å². The van der Waals surface area contributed by atoms with Gasteiger partial charge in [-0.3, -0.25) is 9.36 Å². The van der Waals surface area contributed by atoms with Crippen LogP contribution in [-0.2, 0) is 4.79 Å². The molecule has 0 saturated heterocycles. The first kappa shape index (κ1) is 19.3. The zero-order valence-corrected chi connectivity index (χ0v) is 18.4. The number of hydrogen-bond donors (Lipinski definition) is 0. The number of aromatic nitrogens is 3. The van der Waals surface area contributed by atoms with Gasteiger partial charge in [0, 0.05) is 5.39 Å². The van der Waals surface area contributed by atoms with Crippen molar-refractivity contribution in [3.63, 3.8) is 0 Å². The molecule has 0 spiro atoms. The van der Waals surface area contributed by atoms with E-state index in [4.69, 9.17) is 4.74 Å². The maximum absolute atomic E-state index is 12.3. The van der Waals surface area contributed by atoms with E-state index in [1.807, 2.05) is 28.8 Å². The average Bonchev–Trinajstić information content (AvgIpc) is 3.55. The Morgan fingerprint density at radius 2 is 1.73 bits per heavy atom. The summed E-state index contributed by atoms with van der Waals surface area (Å²) in [6.07, 6.45) is 2.51. The molecule has 0 radical (unpaired) electrons. The maximum Gasteiger partial charge on any atom is 0.321 e.